The van der Waals surface area contributed by atoms with E-state index >= 15 is 0 Å². The summed E-state index contributed by atoms with van der Waals surface area (Å²) in [6.45, 7) is 2.10. The first-order valence-electron chi connectivity index (χ1n) is 10.7. The number of hydrogen-bond acceptors (Lipinski definition) is 7. The van der Waals surface area contributed by atoms with Crippen LogP contribution in [0.2, 0.25) is 0 Å². The highest BCUT2D eigenvalue weighted by Gasteiger charge is 2.27. The highest BCUT2D eigenvalue weighted by molar-refractivity contribution is 7.14. The number of esters is 1. The van der Waals surface area contributed by atoms with Crippen molar-refractivity contribution in [1.29, 1.82) is 0 Å². The molecule has 0 aliphatic heterocycles. The van der Waals surface area contributed by atoms with Crippen molar-refractivity contribution in [2.75, 3.05) is 11.9 Å². The molecule has 8 heteroatoms. The van der Waals surface area contributed by atoms with Gasteiger partial charge in [-0.1, -0.05) is 24.3 Å². The van der Waals surface area contributed by atoms with Crippen molar-refractivity contribution in [3.63, 3.8) is 0 Å². The monoisotopic (exact) mass is 475 g/mol. The summed E-state index contributed by atoms with van der Waals surface area (Å²) in [5.74, 6) is -0.539. The second-order valence-corrected chi connectivity index (χ2v) is 9.43. The molecule has 0 spiro atoms. The number of ether oxygens (including phenoxy) is 1. The fourth-order valence-electron chi connectivity index (χ4n) is 4.05. The molecule has 0 saturated carbocycles. The molecule has 5 rings (SSSR count). The van der Waals surface area contributed by atoms with E-state index in [1.54, 1.807) is 23.6 Å². The molecule has 166 valence electrons. The molecule has 0 radical (unpaired) electrons. The van der Waals surface area contributed by atoms with Gasteiger partial charge in [0.2, 0.25) is 0 Å². The Morgan fingerprint density at radius 2 is 2.00 bits per heavy atom. The summed E-state index contributed by atoms with van der Waals surface area (Å²) in [7, 11) is 0. The van der Waals surface area contributed by atoms with E-state index in [0.717, 1.165) is 40.6 Å². The molecule has 0 fully saturated rings. The van der Waals surface area contributed by atoms with E-state index in [2.05, 4.69) is 27.8 Å². The van der Waals surface area contributed by atoms with Crippen molar-refractivity contribution in [3.8, 4) is 0 Å². The van der Waals surface area contributed by atoms with Crippen molar-refractivity contribution in [2.24, 2.45) is 0 Å². The number of para-hydroxylation sites is 1. The summed E-state index contributed by atoms with van der Waals surface area (Å²) >= 11 is 2.98. The highest BCUT2D eigenvalue weighted by atomic mass is 32.1. The number of thiophene rings is 1. The summed E-state index contributed by atoms with van der Waals surface area (Å²) in [6.07, 6.45) is 3.87. The number of rotatable bonds is 6. The van der Waals surface area contributed by atoms with Gasteiger partial charge in [0, 0.05) is 15.6 Å². The Labute approximate surface area is 199 Å². The number of aromatic nitrogens is 2. The Kier molecular flexibility index (Phi) is 6.02. The van der Waals surface area contributed by atoms with Crippen molar-refractivity contribution in [3.05, 3.63) is 74.6 Å². The van der Waals surface area contributed by atoms with Gasteiger partial charge in [-0.2, -0.15) is 0 Å². The van der Waals surface area contributed by atoms with Crippen LogP contribution < -0.4 is 5.32 Å². The number of amides is 1. The van der Waals surface area contributed by atoms with E-state index < -0.39 is 0 Å². The molecule has 33 heavy (non-hydrogen) atoms. The van der Waals surface area contributed by atoms with Crippen molar-refractivity contribution >= 4 is 62.2 Å². The maximum atomic E-state index is 13.5. The van der Waals surface area contributed by atoms with E-state index in [1.807, 2.05) is 30.3 Å². The van der Waals surface area contributed by atoms with Crippen LogP contribution in [-0.4, -0.2) is 28.5 Å². The third kappa shape index (κ3) is 4.44. The topological polar surface area (TPSA) is 81.2 Å². The van der Waals surface area contributed by atoms with Crippen LogP contribution in [0, 0.1) is 0 Å². The minimum Gasteiger partial charge on any atom is -0.466 e. The minimum atomic E-state index is -0.330. The van der Waals surface area contributed by atoms with Crippen molar-refractivity contribution < 1.29 is 14.3 Å². The number of hydrogen-bond donors (Lipinski definition) is 1. The van der Waals surface area contributed by atoms with Crippen LogP contribution in [0.1, 0.15) is 45.5 Å². The fraction of sp³-hybridized carbons (Fsp3) is 0.200. The standard InChI is InChI=1S/C25H21N3O3S2/c1-2-31-21(29)13-16-14-33-25(26-16)28-24(30)22-18-7-3-4-8-20(18)27-23-15(9-10-19(22)23)12-17-6-5-11-32-17/h3-8,11-12,14H,2,9-10,13H2,1H3,(H,26,28,30)/b15-12-. The summed E-state index contributed by atoms with van der Waals surface area (Å²) in [4.78, 5) is 35.7. The molecule has 3 aromatic heterocycles. The fourth-order valence-corrected chi connectivity index (χ4v) is 5.44. The van der Waals surface area contributed by atoms with Crippen LogP contribution in [0.25, 0.3) is 22.6 Å². The third-order valence-electron chi connectivity index (χ3n) is 5.43. The number of anilines is 1. The third-order valence-corrected chi connectivity index (χ3v) is 7.06. The molecule has 0 unspecified atom stereocenters. The van der Waals surface area contributed by atoms with Crippen LogP contribution in [0.15, 0.2) is 47.2 Å². The SMILES string of the molecule is CCOC(=O)Cc1csc(NC(=O)c2c3c(nc4ccccc24)/C(=C\c2cccs2)CC3)n1. The number of fused-ring (bicyclic) bond motifs is 2. The van der Waals surface area contributed by atoms with E-state index in [4.69, 9.17) is 9.72 Å². The van der Waals surface area contributed by atoms with Gasteiger partial charge < -0.3 is 4.74 Å². The first-order chi connectivity index (χ1) is 16.1. The number of nitrogens with one attached hydrogen (secondary N) is 1. The van der Waals surface area contributed by atoms with Crippen molar-refractivity contribution in [1.82, 2.24) is 9.97 Å². The normalized spacial score (nSPS) is 13.9. The molecule has 1 aliphatic carbocycles. The van der Waals surface area contributed by atoms with Crippen LogP contribution in [0.4, 0.5) is 5.13 Å². The second kappa shape index (κ2) is 9.25. The Morgan fingerprint density at radius 3 is 2.82 bits per heavy atom. The molecule has 0 saturated heterocycles. The summed E-state index contributed by atoms with van der Waals surface area (Å²) in [5, 5.41) is 8.05. The molecule has 0 atom stereocenters. The predicted molar refractivity (Wildman–Crippen MR) is 133 cm³/mol. The van der Waals surface area contributed by atoms with Gasteiger partial charge in [0.1, 0.15) is 0 Å². The van der Waals surface area contributed by atoms with E-state index in [0.29, 0.717) is 23.0 Å². The molecule has 1 aromatic carbocycles. The predicted octanol–water partition coefficient (Wildman–Crippen LogP) is 5.60. The second-order valence-electron chi connectivity index (χ2n) is 7.60. The van der Waals surface area contributed by atoms with Gasteiger partial charge in [0.15, 0.2) is 5.13 Å². The Bertz CT molecular complexity index is 1370. The van der Waals surface area contributed by atoms with Gasteiger partial charge in [-0.3, -0.25) is 14.9 Å². The van der Waals surface area contributed by atoms with Gasteiger partial charge in [0.05, 0.1) is 35.5 Å². The number of allylic oxidation sites excluding steroid dienone is 1. The van der Waals surface area contributed by atoms with Crippen LogP contribution in [-0.2, 0) is 22.4 Å². The molecular formula is C25H21N3O3S2. The molecular weight excluding hydrogens is 454 g/mol. The summed E-state index contributed by atoms with van der Waals surface area (Å²) in [5.41, 5.74) is 5.04. The molecule has 1 amide bonds. The maximum absolute atomic E-state index is 13.5. The van der Waals surface area contributed by atoms with Gasteiger partial charge in [-0.25, -0.2) is 9.97 Å². The lowest BCUT2D eigenvalue weighted by Crippen LogP contribution is -2.16. The van der Waals surface area contributed by atoms with Gasteiger partial charge >= 0.3 is 5.97 Å². The largest absolute Gasteiger partial charge is 0.466 e. The minimum absolute atomic E-state index is 0.0880. The number of nitrogens with zero attached hydrogens (tertiary/aromatic N) is 2. The molecule has 1 aliphatic rings. The van der Waals surface area contributed by atoms with E-state index in [1.165, 1.54) is 16.2 Å². The lowest BCUT2D eigenvalue weighted by atomic mass is 10.00. The smallest absolute Gasteiger partial charge is 0.311 e. The quantitative estimate of drug-likeness (QED) is 0.367. The Hall–Kier alpha value is -3.36. The lowest BCUT2D eigenvalue weighted by Gasteiger charge is -2.12. The molecule has 4 aromatic rings. The zero-order chi connectivity index (χ0) is 22.8. The molecule has 0 bridgehead atoms. The zero-order valence-electron chi connectivity index (χ0n) is 18.0. The van der Waals surface area contributed by atoms with Crippen LogP contribution in [0.3, 0.4) is 0 Å². The molecule has 6 nitrogen and oxygen atoms in total. The number of carbonyl (C=O) groups is 2. The van der Waals surface area contributed by atoms with Crippen LogP contribution in [0.5, 0.6) is 0 Å². The molecule has 1 N–H and O–H groups in total. The number of pyridine rings is 1. The Morgan fingerprint density at radius 1 is 1.12 bits per heavy atom. The van der Waals surface area contributed by atoms with E-state index in [9.17, 15) is 9.59 Å². The van der Waals surface area contributed by atoms with Gasteiger partial charge in [0.25, 0.3) is 5.91 Å². The van der Waals surface area contributed by atoms with E-state index in [-0.39, 0.29) is 18.3 Å². The maximum Gasteiger partial charge on any atom is 0.311 e. The van der Waals surface area contributed by atoms with Gasteiger partial charge in [-0.05, 0) is 54.5 Å². The zero-order valence-corrected chi connectivity index (χ0v) is 19.6. The lowest BCUT2D eigenvalue weighted by molar-refractivity contribution is -0.142. The van der Waals surface area contributed by atoms with Gasteiger partial charge in [-0.15, -0.1) is 22.7 Å². The average Bonchev–Trinajstić information content (AvgIpc) is 3.55. The van der Waals surface area contributed by atoms with Crippen molar-refractivity contribution in [2.45, 2.75) is 26.2 Å². The number of thiazole rings is 1. The average molecular weight is 476 g/mol. The Balaban J connectivity index is 1.49. The summed E-state index contributed by atoms with van der Waals surface area (Å²) in [6, 6.07) is 11.8. The summed E-state index contributed by atoms with van der Waals surface area (Å²) < 4.78 is 4.98. The highest BCUT2D eigenvalue weighted by Crippen LogP contribution is 2.38. The first-order valence-corrected chi connectivity index (χ1v) is 12.5. The van der Waals surface area contributed by atoms with Crippen LogP contribution >= 0.6 is 22.7 Å². The number of carbonyl (C=O) groups excluding carboxylic acids is 2. The molecule has 3 heterocycles. The first kappa shape index (κ1) is 21.5. The number of benzene rings is 1.